The SMILES string of the molecule is C=C(C)c1cccc(C(C)(C)NC(=O)N[C@H]2CCCC[C@H]2NC(=O)NC(C)(C)c2cccc(C(=C)C)c2)c1. The third kappa shape index (κ3) is 7.50. The number of carbonyl (C=O) groups is 2. The molecule has 0 aliphatic heterocycles. The van der Waals surface area contributed by atoms with Gasteiger partial charge >= 0.3 is 12.1 Å². The third-order valence-electron chi connectivity index (χ3n) is 7.41. The molecular weight excluding hydrogens is 472 g/mol. The Labute approximate surface area is 228 Å². The molecule has 2 atom stereocenters. The highest BCUT2D eigenvalue weighted by Gasteiger charge is 2.31. The van der Waals surface area contributed by atoms with Gasteiger partial charge in [-0.2, -0.15) is 0 Å². The van der Waals surface area contributed by atoms with Crippen molar-refractivity contribution in [3.63, 3.8) is 0 Å². The Morgan fingerprint density at radius 3 is 1.42 bits per heavy atom. The molecule has 3 rings (SSSR count). The second kappa shape index (κ2) is 11.9. The fourth-order valence-corrected chi connectivity index (χ4v) is 4.94. The van der Waals surface area contributed by atoms with E-state index in [1.807, 2.05) is 77.9 Å². The summed E-state index contributed by atoms with van der Waals surface area (Å²) in [6, 6.07) is 15.4. The van der Waals surface area contributed by atoms with Crippen LogP contribution in [-0.4, -0.2) is 24.1 Å². The average molecular weight is 517 g/mol. The summed E-state index contributed by atoms with van der Waals surface area (Å²) in [5.74, 6) is 0. The van der Waals surface area contributed by atoms with Gasteiger partial charge in [-0.25, -0.2) is 9.59 Å². The normalized spacial score (nSPS) is 17.7. The van der Waals surface area contributed by atoms with Crippen molar-refractivity contribution in [3.05, 3.63) is 83.9 Å². The molecule has 6 heteroatoms. The van der Waals surface area contributed by atoms with Crippen LogP contribution < -0.4 is 21.3 Å². The van der Waals surface area contributed by atoms with Gasteiger partial charge in [0.25, 0.3) is 0 Å². The van der Waals surface area contributed by atoms with Gasteiger partial charge in [-0.3, -0.25) is 0 Å². The van der Waals surface area contributed by atoms with Gasteiger partial charge in [-0.15, -0.1) is 0 Å². The Bertz CT molecular complexity index is 1100. The van der Waals surface area contributed by atoms with E-state index in [-0.39, 0.29) is 24.1 Å². The summed E-state index contributed by atoms with van der Waals surface area (Å²) in [6.45, 7) is 19.9. The van der Waals surface area contributed by atoms with E-state index >= 15 is 0 Å². The molecule has 1 aliphatic rings. The van der Waals surface area contributed by atoms with E-state index in [0.29, 0.717) is 0 Å². The second-order valence-electron chi connectivity index (χ2n) is 11.7. The van der Waals surface area contributed by atoms with Crippen LogP contribution in [-0.2, 0) is 11.1 Å². The lowest BCUT2D eigenvalue weighted by molar-refractivity contribution is 0.203. The van der Waals surface area contributed by atoms with Gasteiger partial charge < -0.3 is 21.3 Å². The Morgan fingerprint density at radius 2 is 1.08 bits per heavy atom. The van der Waals surface area contributed by atoms with Gasteiger partial charge in [0, 0.05) is 0 Å². The molecule has 4 N–H and O–H groups in total. The minimum absolute atomic E-state index is 0.151. The van der Waals surface area contributed by atoms with Crippen LogP contribution >= 0.6 is 0 Å². The predicted molar refractivity (Wildman–Crippen MR) is 158 cm³/mol. The minimum atomic E-state index is -0.577. The van der Waals surface area contributed by atoms with Crippen molar-refractivity contribution in [2.75, 3.05) is 0 Å². The summed E-state index contributed by atoms with van der Waals surface area (Å²) >= 11 is 0. The van der Waals surface area contributed by atoms with Crippen LogP contribution in [0.5, 0.6) is 0 Å². The van der Waals surface area contributed by atoms with Gasteiger partial charge in [-0.1, -0.05) is 73.5 Å². The molecule has 1 fully saturated rings. The first-order chi connectivity index (χ1) is 17.8. The highest BCUT2D eigenvalue weighted by atomic mass is 16.2. The van der Waals surface area contributed by atoms with Crippen molar-refractivity contribution in [1.29, 1.82) is 0 Å². The van der Waals surface area contributed by atoms with Gasteiger partial charge in [-0.05, 0) is 88.8 Å². The molecular formula is C32H44N4O2. The van der Waals surface area contributed by atoms with E-state index in [1.54, 1.807) is 0 Å². The van der Waals surface area contributed by atoms with Crippen molar-refractivity contribution in [2.45, 2.75) is 90.4 Å². The second-order valence-corrected chi connectivity index (χ2v) is 11.7. The Morgan fingerprint density at radius 1 is 0.711 bits per heavy atom. The molecule has 2 aromatic rings. The third-order valence-corrected chi connectivity index (χ3v) is 7.41. The first-order valence-electron chi connectivity index (χ1n) is 13.5. The van der Waals surface area contributed by atoms with Crippen molar-refractivity contribution in [2.24, 2.45) is 0 Å². The monoisotopic (exact) mass is 516 g/mol. The molecule has 0 heterocycles. The van der Waals surface area contributed by atoms with Crippen LogP contribution in [0.15, 0.2) is 61.7 Å². The maximum absolute atomic E-state index is 13.1. The van der Waals surface area contributed by atoms with Gasteiger partial charge in [0.2, 0.25) is 0 Å². The fourth-order valence-electron chi connectivity index (χ4n) is 4.94. The van der Waals surface area contributed by atoms with E-state index in [1.165, 1.54) is 0 Å². The lowest BCUT2D eigenvalue weighted by atomic mass is 9.89. The van der Waals surface area contributed by atoms with Crippen molar-refractivity contribution < 1.29 is 9.59 Å². The van der Waals surface area contributed by atoms with Crippen LogP contribution in [0.2, 0.25) is 0 Å². The lowest BCUT2D eigenvalue weighted by Crippen LogP contribution is -2.59. The quantitative estimate of drug-likeness (QED) is 0.310. The van der Waals surface area contributed by atoms with Crippen LogP contribution in [0.4, 0.5) is 9.59 Å². The molecule has 38 heavy (non-hydrogen) atoms. The van der Waals surface area contributed by atoms with Crippen LogP contribution in [0.1, 0.15) is 89.5 Å². The number of nitrogens with one attached hydrogen (secondary N) is 4. The van der Waals surface area contributed by atoms with Crippen molar-refractivity contribution in [1.82, 2.24) is 21.3 Å². The number of allylic oxidation sites excluding steroid dienone is 2. The molecule has 1 saturated carbocycles. The molecule has 4 amide bonds. The van der Waals surface area contributed by atoms with Gasteiger partial charge in [0.05, 0.1) is 23.2 Å². The fraction of sp³-hybridized carbons (Fsp3) is 0.438. The van der Waals surface area contributed by atoms with Gasteiger partial charge in [0.15, 0.2) is 0 Å². The maximum Gasteiger partial charge on any atom is 0.315 e. The van der Waals surface area contributed by atoms with Crippen molar-refractivity contribution >= 4 is 23.2 Å². The highest BCUT2D eigenvalue weighted by molar-refractivity contribution is 5.77. The number of rotatable bonds is 8. The summed E-state index contributed by atoms with van der Waals surface area (Å²) < 4.78 is 0. The zero-order valence-electron chi connectivity index (χ0n) is 23.8. The summed E-state index contributed by atoms with van der Waals surface area (Å²) in [4.78, 5) is 26.2. The van der Waals surface area contributed by atoms with Crippen LogP contribution in [0.25, 0.3) is 11.1 Å². The summed E-state index contributed by atoms with van der Waals surface area (Å²) in [7, 11) is 0. The standard InChI is InChI=1S/C32H44N4O2/c1-21(2)23-13-11-15-25(19-23)31(5,6)35-29(37)33-27-17-9-10-18-28(27)34-30(38)36-32(7,8)26-16-12-14-24(20-26)22(3)4/h11-16,19-20,27-28H,1,3,9-10,17-18H2,2,4-8H3,(H2,33,35,37)(H2,34,36,38)/t27-,28+. The topological polar surface area (TPSA) is 82.3 Å². The first-order valence-corrected chi connectivity index (χ1v) is 13.5. The molecule has 1 aliphatic carbocycles. The number of benzene rings is 2. The van der Waals surface area contributed by atoms with E-state index in [4.69, 9.17) is 0 Å². The lowest BCUT2D eigenvalue weighted by Gasteiger charge is -2.36. The molecule has 0 spiro atoms. The van der Waals surface area contributed by atoms with E-state index in [9.17, 15) is 9.59 Å². The van der Waals surface area contributed by atoms with Gasteiger partial charge in [0.1, 0.15) is 0 Å². The summed E-state index contributed by atoms with van der Waals surface area (Å²) in [6.07, 6.45) is 3.64. The zero-order chi connectivity index (χ0) is 28.1. The Balaban J connectivity index is 1.63. The summed E-state index contributed by atoms with van der Waals surface area (Å²) in [5, 5.41) is 12.5. The average Bonchev–Trinajstić information content (AvgIpc) is 2.84. The number of hydrogen-bond acceptors (Lipinski definition) is 2. The molecule has 0 unspecified atom stereocenters. The number of amides is 4. The first kappa shape index (κ1) is 29.0. The maximum atomic E-state index is 13.1. The minimum Gasteiger partial charge on any atom is -0.333 e. The largest absolute Gasteiger partial charge is 0.333 e. The molecule has 0 radical (unpaired) electrons. The molecule has 204 valence electrons. The van der Waals surface area contributed by atoms with E-state index in [0.717, 1.165) is 59.1 Å². The molecule has 0 saturated heterocycles. The molecule has 0 bridgehead atoms. The molecule has 6 nitrogen and oxygen atoms in total. The Hall–Kier alpha value is -3.54. The molecule has 0 aromatic heterocycles. The van der Waals surface area contributed by atoms with Crippen LogP contribution in [0, 0.1) is 0 Å². The zero-order valence-corrected chi connectivity index (χ0v) is 23.8. The number of hydrogen-bond donors (Lipinski definition) is 4. The Kier molecular flexibility index (Phi) is 9.08. The van der Waals surface area contributed by atoms with Crippen molar-refractivity contribution in [3.8, 4) is 0 Å². The van der Waals surface area contributed by atoms with E-state index in [2.05, 4.69) is 46.6 Å². The van der Waals surface area contributed by atoms with Crippen LogP contribution in [0.3, 0.4) is 0 Å². The number of urea groups is 2. The number of carbonyl (C=O) groups excluding carboxylic acids is 2. The summed E-state index contributed by atoms with van der Waals surface area (Å²) in [5.41, 5.74) is 4.91. The predicted octanol–water partition coefficient (Wildman–Crippen LogP) is 6.83. The smallest absolute Gasteiger partial charge is 0.315 e. The van der Waals surface area contributed by atoms with E-state index < -0.39 is 11.1 Å². The molecule has 2 aromatic carbocycles. The highest BCUT2D eigenvalue weighted by Crippen LogP contribution is 2.26.